The van der Waals surface area contributed by atoms with Crippen LogP contribution in [-0.2, 0) is 16.6 Å². The van der Waals surface area contributed by atoms with Crippen LogP contribution < -0.4 is 0 Å². The van der Waals surface area contributed by atoms with Crippen LogP contribution in [0.1, 0.15) is 48.5 Å². The first-order valence-corrected chi connectivity index (χ1v) is 7.23. The summed E-state index contributed by atoms with van der Waals surface area (Å²) in [5, 5.41) is 0. The van der Waals surface area contributed by atoms with Gasteiger partial charge in [-0.25, -0.2) is 4.39 Å². The molecule has 112 valence electrons. The lowest BCUT2D eigenvalue weighted by atomic mass is 9.86. The molecule has 0 amide bonds. The Morgan fingerprint density at radius 1 is 1.30 bits per heavy atom. The number of ether oxygens (including phenoxy) is 1. The zero-order valence-electron chi connectivity index (χ0n) is 15.0. The fourth-order valence-corrected chi connectivity index (χ4v) is 2.64. The van der Waals surface area contributed by atoms with Crippen LogP contribution in [0, 0.1) is 5.82 Å². The van der Waals surface area contributed by atoms with Crippen molar-refractivity contribution in [3.8, 4) is 0 Å². The third kappa shape index (κ3) is 3.80. The first-order chi connectivity index (χ1) is 10.0. The van der Waals surface area contributed by atoms with E-state index in [1.54, 1.807) is 17.0 Å². The molecular weight excluding hydrogens is 253 g/mol. The molecule has 0 N–H and O–H groups in total. The summed E-state index contributed by atoms with van der Waals surface area (Å²) in [6, 6.07) is 4.75. The van der Waals surface area contributed by atoms with Crippen LogP contribution in [0.15, 0.2) is 18.2 Å². The largest absolute Gasteiger partial charge is 0.373 e. The van der Waals surface area contributed by atoms with Gasteiger partial charge in [0.25, 0.3) is 0 Å². The van der Waals surface area contributed by atoms with Gasteiger partial charge in [-0.3, -0.25) is 4.90 Å². The first kappa shape index (κ1) is 12.8. The summed E-state index contributed by atoms with van der Waals surface area (Å²) < 4.78 is 36.9. The zero-order valence-corrected chi connectivity index (χ0v) is 13.0. The Morgan fingerprint density at radius 3 is 2.40 bits per heavy atom. The van der Waals surface area contributed by atoms with Gasteiger partial charge in [0.15, 0.2) is 0 Å². The number of hydrogen-bond acceptors (Lipinski definition) is 2. The molecule has 2 atom stereocenters. The van der Waals surface area contributed by atoms with Crippen molar-refractivity contribution in [1.29, 1.82) is 0 Å². The summed E-state index contributed by atoms with van der Waals surface area (Å²) >= 11 is 0. The van der Waals surface area contributed by atoms with Crippen LogP contribution in [0.4, 0.5) is 4.39 Å². The standard InChI is InChI=1S/C17H26FNO/c1-12-9-19(10-13(2)20-12)11-14-6-7-15(16(18)8-14)17(3,4)5/h6-8,12-13H,9-11H2,1-5H3/i11D2. The van der Waals surface area contributed by atoms with Crippen LogP contribution in [0.3, 0.4) is 0 Å². The van der Waals surface area contributed by atoms with Crippen molar-refractivity contribution in [1.82, 2.24) is 4.90 Å². The summed E-state index contributed by atoms with van der Waals surface area (Å²) in [5.74, 6) is -0.344. The Labute approximate surface area is 124 Å². The van der Waals surface area contributed by atoms with Crippen molar-refractivity contribution in [2.24, 2.45) is 0 Å². The summed E-state index contributed by atoms with van der Waals surface area (Å²) in [4.78, 5) is 1.73. The Bertz CT molecular complexity index is 532. The predicted molar refractivity (Wildman–Crippen MR) is 80.4 cm³/mol. The lowest BCUT2D eigenvalue weighted by Gasteiger charge is -2.35. The van der Waals surface area contributed by atoms with Gasteiger partial charge in [-0.1, -0.05) is 32.9 Å². The summed E-state index contributed by atoms with van der Waals surface area (Å²) in [6.07, 6.45) is -0.0601. The maximum atomic E-state index is 14.4. The van der Waals surface area contributed by atoms with Crippen molar-refractivity contribution in [2.75, 3.05) is 13.1 Å². The Morgan fingerprint density at radius 2 is 1.90 bits per heavy atom. The highest BCUT2D eigenvalue weighted by molar-refractivity contribution is 5.29. The molecule has 1 aliphatic rings. The Balaban J connectivity index is 2.31. The molecule has 1 aromatic carbocycles. The van der Waals surface area contributed by atoms with Crippen molar-refractivity contribution in [3.63, 3.8) is 0 Å². The molecule has 1 saturated heterocycles. The Kier molecular flexibility index (Phi) is 3.72. The van der Waals surface area contributed by atoms with Gasteiger partial charge in [0.1, 0.15) is 5.82 Å². The molecule has 1 heterocycles. The van der Waals surface area contributed by atoms with E-state index in [4.69, 9.17) is 7.48 Å². The minimum absolute atomic E-state index is 0.0301. The first-order valence-electron chi connectivity index (χ1n) is 8.23. The third-order valence-corrected chi connectivity index (χ3v) is 3.48. The molecule has 0 bridgehead atoms. The summed E-state index contributed by atoms with van der Waals surface area (Å²) in [6.45, 7) is 9.01. The number of hydrogen-bond donors (Lipinski definition) is 0. The van der Waals surface area contributed by atoms with Gasteiger partial charge in [0.2, 0.25) is 0 Å². The monoisotopic (exact) mass is 281 g/mol. The lowest BCUT2D eigenvalue weighted by molar-refractivity contribution is -0.0705. The number of benzene rings is 1. The van der Waals surface area contributed by atoms with Crippen molar-refractivity contribution in [3.05, 3.63) is 35.1 Å². The van der Waals surface area contributed by atoms with E-state index in [9.17, 15) is 4.39 Å². The molecule has 0 aliphatic carbocycles. The molecule has 1 aromatic rings. The number of halogens is 1. The van der Waals surface area contributed by atoms with E-state index >= 15 is 0 Å². The van der Waals surface area contributed by atoms with Crippen LogP contribution in [-0.4, -0.2) is 30.2 Å². The highest BCUT2D eigenvalue weighted by atomic mass is 19.1. The van der Waals surface area contributed by atoms with E-state index in [1.165, 1.54) is 6.07 Å². The van der Waals surface area contributed by atoms with Gasteiger partial charge < -0.3 is 4.74 Å². The minimum atomic E-state index is -1.70. The number of morpholine rings is 1. The van der Waals surface area contributed by atoms with E-state index < -0.39 is 6.50 Å². The van der Waals surface area contributed by atoms with E-state index in [1.807, 2.05) is 34.6 Å². The van der Waals surface area contributed by atoms with Crippen molar-refractivity contribution in [2.45, 2.75) is 58.7 Å². The highest BCUT2D eigenvalue weighted by Gasteiger charge is 2.23. The van der Waals surface area contributed by atoms with Crippen LogP contribution >= 0.6 is 0 Å². The lowest BCUT2D eigenvalue weighted by Crippen LogP contribution is -2.44. The molecule has 0 saturated carbocycles. The van der Waals surface area contributed by atoms with Crippen molar-refractivity contribution < 1.29 is 11.9 Å². The average Bonchev–Trinajstić information content (AvgIpc) is 2.35. The molecule has 20 heavy (non-hydrogen) atoms. The molecule has 0 spiro atoms. The summed E-state index contributed by atoms with van der Waals surface area (Å²) in [7, 11) is 0. The molecular formula is C17H26FNO. The number of rotatable bonds is 2. The summed E-state index contributed by atoms with van der Waals surface area (Å²) in [5.41, 5.74) is 0.673. The molecule has 2 nitrogen and oxygen atoms in total. The predicted octanol–water partition coefficient (Wildman–Crippen LogP) is 3.73. The second-order valence-electron chi connectivity index (χ2n) is 6.72. The SMILES string of the molecule is [2H]C([2H])(c1ccc(C(C)(C)C)c(F)c1)N1CC(C)OC(C)C1. The quantitative estimate of drug-likeness (QED) is 0.819. The Hall–Kier alpha value is -0.930. The molecule has 1 aliphatic heterocycles. The molecule has 3 heteroatoms. The second-order valence-corrected chi connectivity index (χ2v) is 6.72. The molecule has 1 fully saturated rings. The zero-order chi connectivity index (χ0) is 16.7. The van der Waals surface area contributed by atoms with Gasteiger partial charge in [0.05, 0.1) is 12.2 Å². The molecule has 2 rings (SSSR count). The van der Waals surface area contributed by atoms with Gasteiger partial charge in [-0.05, 0) is 36.5 Å². The van der Waals surface area contributed by atoms with Crippen LogP contribution in [0.5, 0.6) is 0 Å². The van der Waals surface area contributed by atoms with Gasteiger partial charge in [-0.15, -0.1) is 0 Å². The molecule has 0 radical (unpaired) electrons. The maximum Gasteiger partial charge on any atom is 0.127 e. The molecule has 0 aromatic heterocycles. The van der Waals surface area contributed by atoms with Crippen LogP contribution in [0.25, 0.3) is 0 Å². The fraction of sp³-hybridized carbons (Fsp3) is 0.647. The van der Waals surface area contributed by atoms with Gasteiger partial charge >= 0.3 is 0 Å². The van der Waals surface area contributed by atoms with E-state index in [-0.39, 0.29) is 23.4 Å². The number of nitrogens with zero attached hydrogens (tertiary/aromatic N) is 1. The third-order valence-electron chi connectivity index (χ3n) is 3.48. The van der Waals surface area contributed by atoms with Crippen molar-refractivity contribution >= 4 is 0 Å². The van der Waals surface area contributed by atoms with Crippen LogP contribution in [0.2, 0.25) is 0 Å². The second kappa shape index (κ2) is 5.82. The maximum absolute atomic E-state index is 14.4. The van der Waals surface area contributed by atoms with E-state index in [0.717, 1.165) is 0 Å². The fourth-order valence-electron chi connectivity index (χ4n) is 2.64. The average molecular weight is 281 g/mol. The van der Waals surface area contributed by atoms with E-state index in [0.29, 0.717) is 24.2 Å². The van der Waals surface area contributed by atoms with Gasteiger partial charge in [0, 0.05) is 22.3 Å². The molecule has 2 unspecified atom stereocenters. The normalized spacial score (nSPS) is 27.1. The smallest absolute Gasteiger partial charge is 0.127 e. The minimum Gasteiger partial charge on any atom is -0.373 e. The van der Waals surface area contributed by atoms with Gasteiger partial charge in [-0.2, -0.15) is 0 Å². The van der Waals surface area contributed by atoms with E-state index in [2.05, 4.69) is 0 Å². The highest BCUT2D eigenvalue weighted by Crippen LogP contribution is 2.26. The topological polar surface area (TPSA) is 12.5 Å².